The second-order valence-corrected chi connectivity index (χ2v) is 12.3. The Labute approximate surface area is 236 Å². The molecule has 0 aliphatic carbocycles. The Bertz CT molecular complexity index is 910. The number of phenolic OH excluding ortho intramolecular Hbond substituents is 1. The van der Waals surface area contributed by atoms with Crippen LogP contribution in [-0.2, 0) is 14.3 Å². The maximum absolute atomic E-state index is 14.5. The lowest BCUT2D eigenvalue weighted by Crippen LogP contribution is -2.57. The monoisotopic (exact) mass is 547 g/mol. The van der Waals surface area contributed by atoms with Crippen LogP contribution in [0.15, 0.2) is 24.3 Å². The number of phenols is 1. The van der Waals surface area contributed by atoms with Crippen molar-refractivity contribution in [3.63, 3.8) is 0 Å². The van der Waals surface area contributed by atoms with Crippen molar-refractivity contribution in [3.8, 4) is 5.75 Å². The molecule has 222 valence electrons. The topological polar surface area (TPSA) is 108 Å². The van der Waals surface area contributed by atoms with Gasteiger partial charge in [0.1, 0.15) is 23.4 Å². The van der Waals surface area contributed by atoms with Crippen LogP contribution in [-0.4, -0.2) is 51.6 Å². The van der Waals surface area contributed by atoms with E-state index in [-0.39, 0.29) is 35.6 Å². The molecule has 5 atom stereocenters. The Balaban J connectivity index is 3.64. The first-order valence-electron chi connectivity index (χ1n) is 14.5. The first-order valence-corrected chi connectivity index (χ1v) is 14.5. The van der Waals surface area contributed by atoms with Gasteiger partial charge in [-0.25, -0.2) is 4.79 Å². The Morgan fingerprint density at radius 3 is 2.00 bits per heavy atom. The van der Waals surface area contributed by atoms with Gasteiger partial charge in [-0.1, -0.05) is 59.6 Å². The van der Waals surface area contributed by atoms with Crippen molar-refractivity contribution in [2.24, 2.45) is 11.8 Å². The summed E-state index contributed by atoms with van der Waals surface area (Å²) in [7, 11) is 0. The molecule has 8 heteroatoms. The summed E-state index contributed by atoms with van der Waals surface area (Å²) < 4.78 is 5.49. The number of nitrogens with zero attached hydrogens (tertiary/aromatic N) is 1. The van der Waals surface area contributed by atoms with Gasteiger partial charge in [0.25, 0.3) is 0 Å². The molecule has 1 aromatic carbocycles. The predicted octanol–water partition coefficient (Wildman–Crippen LogP) is 6.33. The molecule has 0 spiro atoms. The van der Waals surface area contributed by atoms with Gasteiger partial charge in [0.2, 0.25) is 11.8 Å². The average molecular weight is 548 g/mol. The van der Waals surface area contributed by atoms with E-state index in [1.165, 1.54) is 12.1 Å². The minimum Gasteiger partial charge on any atom is -0.508 e. The summed E-state index contributed by atoms with van der Waals surface area (Å²) in [6.07, 6.45) is 3.25. The molecule has 8 nitrogen and oxygen atoms in total. The molecule has 39 heavy (non-hydrogen) atoms. The highest BCUT2D eigenvalue weighted by Crippen LogP contribution is 2.30. The lowest BCUT2D eigenvalue weighted by Gasteiger charge is -2.40. The van der Waals surface area contributed by atoms with Crippen molar-refractivity contribution in [3.05, 3.63) is 29.8 Å². The minimum atomic E-state index is -0.938. The molecule has 0 bridgehead atoms. The van der Waals surface area contributed by atoms with E-state index < -0.39 is 23.8 Å². The number of alkyl carbamates (subject to hydrolysis) is 1. The molecule has 3 N–H and O–H groups in total. The molecule has 0 aliphatic heterocycles. The summed E-state index contributed by atoms with van der Waals surface area (Å²) in [5.41, 5.74) is -0.125. The standard InChI is InChI=1S/C31H53N3O5/c1-11-13-22(6)32-28(36)27(24-16-18-25(35)19-17-24)34(23(7)15-14-20(3)4)29(37)26(21(5)12-2)33-30(38)39-31(8,9)10/h16-23,26-27,35H,11-15H2,1-10H3,(H,32,36)(H,33,38). The van der Waals surface area contributed by atoms with Gasteiger partial charge in [0.15, 0.2) is 0 Å². The second-order valence-electron chi connectivity index (χ2n) is 12.3. The molecule has 1 aromatic rings. The first kappa shape index (κ1) is 34.3. The molecule has 0 fully saturated rings. The van der Waals surface area contributed by atoms with Crippen molar-refractivity contribution in [2.75, 3.05) is 0 Å². The summed E-state index contributed by atoms with van der Waals surface area (Å²) in [4.78, 5) is 42.8. The fraction of sp³-hybridized carbons (Fsp3) is 0.710. The number of aromatic hydroxyl groups is 1. The van der Waals surface area contributed by atoms with Gasteiger partial charge in [0.05, 0.1) is 0 Å². The molecule has 0 radical (unpaired) electrons. The van der Waals surface area contributed by atoms with E-state index in [0.29, 0.717) is 24.3 Å². The summed E-state index contributed by atoms with van der Waals surface area (Å²) in [6, 6.07) is 4.22. The van der Waals surface area contributed by atoms with Crippen LogP contribution in [0, 0.1) is 11.8 Å². The van der Waals surface area contributed by atoms with Gasteiger partial charge in [-0.2, -0.15) is 0 Å². The number of benzene rings is 1. The smallest absolute Gasteiger partial charge is 0.408 e. The van der Waals surface area contributed by atoms with E-state index in [2.05, 4.69) is 31.4 Å². The van der Waals surface area contributed by atoms with Crippen LogP contribution in [0.1, 0.15) is 113 Å². The van der Waals surface area contributed by atoms with Crippen LogP contribution in [0.2, 0.25) is 0 Å². The largest absolute Gasteiger partial charge is 0.508 e. The Hall–Kier alpha value is -2.77. The van der Waals surface area contributed by atoms with E-state index in [1.807, 2.05) is 27.7 Å². The van der Waals surface area contributed by atoms with Gasteiger partial charge >= 0.3 is 6.09 Å². The first-order chi connectivity index (χ1) is 18.1. The van der Waals surface area contributed by atoms with Crippen LogP contribution < -0.4 is 10.6 Å². The number of hydrogen-bond donors (Lipinski definition) is 3. The summed E-state index contributed by atoms with van der Waals surface area (Å²) in [5.74, 6) is -0.325. The number of carbonyl (C=O) groups excluding carboxylic acids is 3. The minimum absolute atomic E-state index is 0.0738. The van der Waals surface area contributed by atoms with Crippen LogP contribution >= 0.6 is 0 Å². The molecule has 1 rings (SSSR count). The maximum atomic E-state index is 14.5. The van der Waals surface area contributed by atoms with Crippen LogP contribution in [0.5, 0.6) is 5.75 Å². The molecular formula is C31H53N3O5. The lowest BCUT2D eigenvalue weighted by atomic mass is 9.93. The molecule has 5 unspecified atom stereocenters. The molecule has 0 saturated carbocycles. The predicted molar refractivity (Wildman–Crippen MR) is 156 cm³/mol. The van der Waals surface area contributed by atoms with E-state index in [0.717, 1.165) is 19.3 Å². The third-order valence-corrected chi connectivity index (χ3v) is 6.89. The zero-order valence-corrected chi connectivity index (χ0v) is 25.8. The fourth-order valence-electron chi connectivity index (χ4n) is 4.51. The number of rotatable bonds is 14. The number of carbonyl (C=O) groups is 3. The summed E-state index contributed by atoms with van der Waals surface area (Å²) in [5, 5.41) is 15.8. The van der Waals surface area contributed by atoms with E-state index >= 15 is 0 Å². The second kappa shape index (κ2) is 15.7. The molecule has 3 amide bonds. The Kier molecular flexibility index (Phi) is 13.8. The van der Waals surface area contributed by atoms with Gasteiger partial charge in [0, 0.05) is 12.1 Å². The highest BCUT2D eigenvalue weighted by molar-refractivity contribution is 5.92. The molecule has 0 aliphatic rings. The van der Waals surface area contributed by atoms with Crippen molar-refractivity contribution < 1.29 is 24.2 Å². The van der Waals surface area contributed by atoms with Crippen molar-refractivity contribution in [2.45, 2.75) is 131 Å². The van der Waals surface area contributed by atoms with Gasteiger partial charge < -0.3 is 25.4 Å². The highest BCUT2D eigenvalue weighted by atomic mass is 16.6. The molecular weight excluding hydrogens is 494 g/mol. The van der Waals surface area contributed by atoms with Gasteiger partial charge in [-0.15, -0.1) is 0 Å². The summed E-state index contributed by atoms with van der Waals surface area (Å²) >= 11 is 0. The van der Waals surface area contributed by atoms with E-state index in [1.54, 1.807) is 37.8 Å². The number of hydrogen-bond acceptors (Lipinski definition) is 5. The summed E-state index contributed by atoms with van der Waals surface area (Å²) in [6.45, 7) is 19.4. The van der Waals surface area contributed by atoms with Crippen LogP contribution in [0.25, 0.3) is 0 Å². The molecule has 0 heterocycles. The fourth-order valence-corrected chi connectivity index (χ4v) is 4.51. The molecule has 0 aromatic heterocycles. The Morgan fingerprint density at radius 1 is 0.923 bits per heavy atom. The molecule has 0 saturated heterocycles. The number of nitrogens with one attached hydrogen (secondary N) is 2. The quantitative estimate of drug-likeness (QED) is 0.252. The average Bonchev–Trinajstić information content (AvgIpc) is 2.83. The SMILES string of the molecule is CCCC(C)NC(=O)C(c1ccc(O)cc1)N(C(=O)C(NC(=O)OC(C)(C)C)C(C)CC)C(C)CCC(C)C. The number of amides is 3. The lowest BCUT2D eigenvalue weighted by molar-refractivity contribution is -0.146. The zero-order chi connectivity index (χ0) is 29.9. The number of ether oxygens (including phenoxy) is 1. The zero-order valence-electron chi connectivity index (χ0n) is 25.8. The Morgan fingerprint density at radius 2 is 1.51 bits per heavy atom. The third-order valence-electron chi connectivity index (χ3n) is 6.89. The van der Waals surface area contributed by atoms with Crippen LogP contribution in [0.3, 0.4) is 0 Å². The van der Waals surface area contributed by atoms with E-state index in [9.17, 15) is 19.5 Å². The third kappa shape index (κ3) is 11.5. The van der Waals surface area contributed by atoms with E-state index in [4.69, 9.17) is 4.74 Å². The van der Waals surface area contributed by atoms with Crippen molar-refractivity contribution >= 4 is 17.9 Å². The van der Waals surface area contributed by atoms with Crippen molar-refractivity contribution in [1.82, 2.24) is 15.5 Å². The maximum Gasteiger partial charge on any atom is 0.408 e. The van der Waals surface area contributed by atoms with Crippen LogP contribution in [0.4, 0.5) is 4.79 Å². The normalized spacial score (nSPS) is 15.6. The van der Waals surface area contributed by atoms with Crippen molar-refractivity contribution in [1.29, 1.82) is 0 Å². The van der Waals surface area contributed by atoms with Gasteiger partial charge in [-0.3, -0.25) is 9.59 Å². The highest BCUT2D eigenvalue weighted by Gasteiger charge is 2.40. The van der Waals surface area contributed by atoms with Gasteiger partial charge in [-0.05, 0) is 83.4 Å².